The third-order valence-electron chi connectivity index (χ3n) is 2.72. The van der Waals surface area contributed by atoms with Gasteiger partial charge in [-0.05, 0) is 30.9 Å². The van der Waals surface area contributed by atoms with Gasteiger partial charge in [0.15, 0.2) is 0 Å². The van der Waals surface area contributed by atoms with Crippen LogP contribution in [0, 0.1) is 23.2 Å². The summed E-state index contributed by atoms with van der Waals surface area (Å²) in [6.07, 6.45) is 1.89. The average Bonchev–Trinajstić information content (AvgIpc) is 2.35. The van der Waals surface area contributed by atoms with Crippen LogP contribution in [0.4, 0.5) is 5.69 Å². The molecule has 1 aromatic carbocycles. The van der Waals surface area contributed by atoms with Gasteiger partial charge in [0.05, 0.1) is 6.07 Å². The van der Waals surface area contributed by atoms with E-state index < -0.39 is 0 Å². The molecule has 0 spiro atoms. The van der Waals surface area contributed by atoms with Gasteiger partial charge >= 0.3 is 0 Å². The molecule has 1 atom stereocenters. The predicted molar refractivity (Wildman–Crippen MR) is 72.9 cm³/mol. The molecule has 0 saturated carbocycles. The second-order valence-electron chi connectivity index (χ2n) is 4.91. The van der Waals surface area contributed by atoms with Gasteiger partial charge in [-0.2, -0.15) is 5.26 Å². The minimum absolute atomic E-state index is 0.0217. The second kappa shape index (κ2) is 7.50. The molecule has 0 bridgehead atoms. The Hall–Kier alpha value is -1.82. The summed E-state index contributed by atoms with van der Waals surface area (Å²) in [5, 5.41) is 11.8. The SMILES string of the molecule is CC(C)CC(C#N)CCC(=O)Nc1ccccc1. The van der Waals surface area contributed by atoms with Gasteiger partial charge in [-0.15, -0.1) is 0 Å². The van der Waals surface area contributed by atoms with Crippen LogP contribution < -0.4 is 5.32 Å². The Bertz CT molecular complexity index is 406. The van der Waals surface area contributed by atoms with Crippen LogP contribution >= 0.6 is 0 Å². The summed E-state index contributed by atoms with van der Waals surface area (Å²) in [6.45, 7) is 4.18. The van der Waals surface area contributed by atoms with Crippen molar-refractivity contribution in [2.45, 2.75) is 33.1 Å². The number of anilines is 1. The third kappa shape index (κ3) is 5.49. The number of para-hydroxylation sites is 1. The molecule has 0 fully saturated rings. The molecule has 0 radical (unpaired) electrons. The molecule has 3 nitrogen and oxygen atoms in total. The molecular formula is C15H20N2O. The Morgan fingerprint density at radius 1 is 1.33 bits per heavy atom. The van der Waals surface area contributed by atoms with Crippen LogP contribution in [0.25, 0.3) is 0 Å². The molecule has 96 valence electrons. The zero-order chi connectivity index (χ0) is 13.4. The number of carbonyl (C=O) groups excluding carboxylic acids is 1. The first-order valence-electron chi connectivity index (χ1n) is 6.36. The summed E-state index contributed by atoms with van der Waals surface area (Å²) in [5.41, 5.74) is 0.805. The fourth-order valence-electron chi connectivity index (χ4n) is 1.85. The number of nitrogens with one attached hydrogen (secondary N) is 1. The van der Waals surface area contributed by atoms with Gasteiger partial charge in [-0.1, -0.05) is 32.0 Å². The van der Waals surface area contributed by atoms with Crippen molar-refractivity contribution in [2.75, 3.05) is 5.32 Å². The van der Waals surface area contributed by atoms with Crippen molar-refractivity contribution in [1.29, 1.82) is 5.26 Å². The molecule has 0 saturated heterocycles. The molecular weight excluding hydrogens is 224 g/mol. The number of carbonyl (C=O) groups is 1. The maximum atomic E-state index is 11.7. The zero-order valence-corrected chi connectivity index (χ0v) is 11.0. The van der Waals surface area contributed by atoms with Crippen LogP contribution in [-0.2, 0) is 4.79 Å². The van der Waals surface area contributed by atoms with E-state index in [1.54, 1.807) is 0 Å². The van der Waals surface area contributed by atoms with E-state index in [1.165, 1.54) is 0 Å². The first kappa shape index (κ1) is 14.2. The van der Waals surface area contributed by atoms with Crippen molar-refractivity contribution in [2.24, 2.45) is 11.8 Å². The highest BCUT2D eigenvalue weighted by molar-refractivity contribution is 5.90. The number of hydrogen-bond donors (Lipinski definition) is 1. The molecule has 1 N–H and O–H groups in total. The third-order valence-corrected chi connectivity index (χ3v) is 2.72. The van der Waals surface area contributed by atoms with Crippen molar-refractivity contribution in [1.82, 2.24) is 0 Å². The van der Waals surface area contributed by atoms with E-state index in [-0.39, 0.29) is 11.8 Å². The number of nitrogens with zero attached hydrogens (tertiary/aromatic N) is 1. The summed E-state index contributed by atoms with van der Waals surface area (Å²) in [6, 6.07) is 11.7. The normalized spacial score (nSPS) is 11.9. The number of benzene rings is 1. The first-order chi connectivity index (χ1) is 8.61. The van der Waals surface area contributed by atoms with Crippen LogP contribution in [-0.4, -0.2) is 5.91 Å². The summed E-state index contributed by atoms with van der Waals surface area (Å²) < 4.78 is 0. The number of amides is 1. The Morgan fingerprint density at radius 3 is 2.56 bits per heavy atom. The highest BCUT2D eigenvalue weighted by Crippen LogP contribution is 2.16. The predicted octanol–water partition coefficient (Wildman–Crippen LogP) is 3.59. The van der Waals surface area contributed by atoms with E-state index in [9.17, 15) is 4.79 Å². The molecule has 0 aromatic heterocycles. The fourth-order valence-corrected chi connectivity index (χ4v) is 1.85. The highest BCUT2D eigenvalue weighted by atomic mass is 16.1. The molecule has 18 heavy (non-hydrogen) atoms. The van der Waals surface area contributed by atoms with E-state index in [4.69, 9.17) is 5.26 Å². The van der Waals surface area contributed by atoms with E-state index in [0.717, 1.165) is 12.1 Å². The van der Waals surface area contributed by atoms with Crippen LogP contribution in [0.2, 0.25) is 0 Å². The average molecular weight is 244 g/mol. The fraction of sp³-hybridized carbons (Fsp3) is 0.467. The monoisotopic (exact) mass is 244 g/mol. The van der Waals surface area contributed by atoms with Gasteiger partial charge in [-0.3, -0.25) is 4.79 Å². The lowest BCUT2D eigenvalue weighted by Crippen LogP contribution is -2.13. The number of hydrogen-bond acceptors (Lipinski definition) is 2. The topological polar surface area (TPSA) is 52.9 Å². The van der Waals surface area contributed by atoms with Crippen LogP contribution in [0.5, 0.6) is 0 Å². The Balaban J connectivity index is 2.35. The van der Waals surface area contributed by atoms with Crippen molar-refractivity contribution in [3.8, 4) is 6.07 Å². The molecule has 0 aliphatic heterocycles. The number of nitriles is 1. The van der Waals surface area contributed by atoms with Gasteiger partial charge < -0.3 is 5.32 Å². The van der Waals surface area contributed by atoms with Crippen molar-refractivity contribution >= 4 is 11.6 Å². The zero-order valence-electron chi connectivity index (χ0n) is 11.0. The summed E-state index contributed by atoms with van der Waals surface area (Å²) in [7, 11) is 0. The largest absolute Gasteiger partial charge is 0.326 e. The maximum absolute atomic E-state index is 11.7. The van der Waals surface area contributed by atoms with Crippen molar-refractivity contribution in [3.63, 3.8) is 0 Å². The van der Waals surface area contributed by atoms with Crippen LogP contribution in [0.1, 0.15) is 33.1 Å². The molecule has 0 aliphatic carbocycles. The standard InChI is InChI=1S/C15H20N2O/c1-12(2)10-13(11-16)8-9-15(18)17-14-6-4-3-5-7-14/h3-7,12-13H,8-10H2,1-2H3,(H,17,18). The maximum Gasteiger partial charge on any atom is 0.224 e. The van der Waals surface area contributed by atoms with Gasteiger partial charge in [0.25, 0.3) is 0 Å². The molecule has 0 aliphatic rings. The van der Waals surface area contributed by atoms with Crippen LogP contribution in [0.15, 0.2) is 30.3 Å². The quantitative estimate of drug-likeness (QED) is 0.831. The Kier molecular flexibility index (Phi) is 5.93. The van der Waals surface area contributed by atoms with E-state index in [1.807, 2.05) is 30.3 Å². The Morgan fingerprint density at radius 2 is 2.00 bits per heavy atom. The van der Waals surface area contributed by atoms with Crippen LogP contribution in [0.3, 0.4) is 0 Å². The summed E-state index contributed by atoms with van der Waals surface area (Å²) in [4.78, 5) is 11.7. The van der Waals surface area contributed by atoms with Gasteiger partial charge in [0, 0.05) is 18.0 Å². The molecule has 1 rings (SSSR count). The van der Waals surface area contributed by atoms with Gasteiger partial charge in [0.2, 0.25) is 5.91 Å². The van der Waals surface area contributed by atoms with Crippen molar-refractivity contribution in [3.05, 3.63) is 30.3 Å². The van der Waals surface area contributed by atoms with E-state index >= 15 is 0 Å². The molecule has 1 unspecified atom stereocenters. The second-order valence-corrected chi connectivity index (χ2v) is 4.91. The minimum atomic E-state index is -0.0230. The summed E-state index contributed by atoms with van der Waals surface area (Å²) in [5.74, 6) is 0.448. The molecule has 0 heterocycles. The lowest BCUT2D eigenvalue weighted by Gasteiger charge is -2.11. The van der Waals surface area contributed by atoms with Crippen molar-refractivity contribution < 1.29 is 4.79 Å². The van der Waals surface area contributed by atoms with E-state index in [0.29, 0.717) is 18.8 Å². The smallest absolute Gasteiger partial charge is 0.224 e. The molecule has 1 amide bonds. The molecule has 1 aromatic rings. The number of rotatable bonds is 6. The Labute approximate surface area is 109 Å². The van der Waals surface area contributed by atoms with E-state index in [2.05, 4.69) is 25.2 Å². The minimum Gasteiger partial charge on any atom is -0.326 e. The summed E-state index contributed by atoms with van der Waals surface area (Å²) >= 11 is 0. The van der Waals surface area contributed by atoms with Gasteiger partial charge in [0.1, 0.15) is 0 Å². The highest BCUT2D eigenvalue weighted by Gasteiger charge is 2.12. The van der Waals surface area contributed by atoms with Gasteiger partial charge in [-0.25, -0.2) is 0 Å². The first-order valence-corrected chi connectivity index (χ1v) is 6.36. The molecule has 3 heteroatoms. The lowest BCUT2D eigenvalue weighted by molar-refractivity contribution is -0.116. The lowest BCUT2D eigenvalue weighted by atomic mass is 9.94.